The first kappa shape index (κ1) is 13.9. The predicted molar refractivity (Wildman–Crippen MR) is 82.1 cm³/mol. The third-order valence-corrected chi connectivity index (χ3v) is 4.35. The van der Waals surface area contributed by atoms with Crippen molar-refractivity contribution in [3.05, 3.63) is 28.2 Å². The molecule has 3 heteroatoms. The second kappa shape index (κ2) is 6.07. The van der Waals surface area contributed by atoms with Crippen molar-refractivity contribution < 1.29 is 0 Å². The first-order chi connectivity index (χ1) is 8.61. The van der Waals surface area contributed by atoms with Gasteiger partial charge in [-0.15, -0.1) is 0 Å². The number of piperidine rings is 1. The zero-order valence-electron chi connectivity index (χ0n) is 11.5. The molecule has 1 saturated heterocycles. The van der Waals surface area contributed by atoms with E-state index in [1.807, 2.05) is 7.05 Å². The number of benzene rings is 1. The Bertz CT molecular complexity index is 405. The molecule has 100 valence electrons. The van der Waals surface area contributed by atoms with Gasteiger partial charge in [-0.1, -0.05) is 22.9 Å². The molecule has 1 heterocycles. The minimum atomic E-state index is 0.644. The van der Waals surface area contributed by atoms with Crippen LogP contribution in [0, 0.1) is 5.92 Å². The highest BCUT2D eigenvalue weighted by Crippen LogP contribution is 2.31. The molecule has 2 atom stereocenters. The second-order valence-electron chi connectivity index (χ2n) is 5.48. The molecule has 1 aliphatic heterocycles. The molecular weight excluding hydrogens is 288 g/mol. The van der Waals surface area contributed by atoms with E-state index < -0.39 is 0 Å². The molecule has 1 fully saturated rings. The van der Waals surface area contributed by atoms with Gasteiger partial charge in [-0.3, -0.25) is 0 Å². The lowest BCUT2D eigenvalue weighted by atomic mass is 9.92. The van der Waals surface area contributed by atoms with Gasteiger partial charge in [0, 0.05) is 29.3 Å². The van der Waals surface area contributed by atoms with E-state index >= 15 is 0 Å². The Hall–Kier alpha value is -0.540. The third kappa shape index (κ3) is 3.07. The monoisotopic (exact) mass is 310 g/mol. The average molecular weight is 311 g/mol. The van der Waals surface area contributed by atoms with Crippen LogP contribution in [0.2, 0.25) is 0 Å². The summed E-state index contributed by atoms with van der Waals surface area (Å²) in [6, 6.07) is 7.28. The van der Waals surface area contributed by atoms with Gasteiger partial charge in [0.15, 0.2) is 0 Å². The van der Waals surface area contributed by atoms with Gasteiger partial charge in [0.25, 0.3) is 0 Å². The highest BCUT2D eigenvalue weighted by atomic mass is 79.9. The maximum Gasteiger partial charge on any atom is 0.0415 e. The van der Waals surface area contributed by atoms with E-state index in [-0.39, 0.29) is 0 Å². The fraction of sp³-hybridized carbons (Fsp3) is 0.600. The van der Waals surface area contributed by atoms with E-state index in [1.165, 1.54) is 30.6 Å². The molecule has 0 aliphatic carbocycles. The Morgan fingerprint density at radius 2 is 2.17 bits per heavy atom. The Balaban J connectivity index is 2.26. The minimum absolute atomic E-state index is 0.644. The van der Waals surface area contributed by atoms with E-state index in [1.54, 1.807) is 0 Å². The standard InChI is InChI=1S/C15H23BrN2/c1-11-6-7-18(12(2)8-11)15-5-4-14(16)9-13(15)10-17-3/h4-5,9,11-12,17H,6-8,10H2,1-3H3. The Labute approximate surface area is 119 Å². The molecule has 0 aromatic heterocycles. The zero-order chi connectivity index (χ0) is 13.1. The number of nitrogens with zero attached hydrogens (tertiary/aromatic N) is 1. The van der Waals surface area contributed by atoms with Crippen molar-refractivity contribution in [3.63, 3.8) is 0 Å². The Kier molecular flexibility index (Phi) is 4.68. The van der Waals surface area contributed by atoms with Crippen LogP contribution >= 0.6 is 15.9 Å². The molecule has 0 amide bonds. The number of hydrogen-bond acceptors (Lipinski definition) is 2. The summed E-state index contributed by atoms with van der Waals surface area (Å²) in [6.45, 7) is 6.82. The van der Waals surface area contributed by atoms with Gasteiger partial charge in [-0.05, 0) is 56.5 Å². The summed E-state index contributed by atoms with van der Waals surface area (Å²) in [7, 11) is 2.01. The van der Waals surface area contributed by atoms with Gasteiger partial charge < -0.3 is 10.2 Å². The van der Waals surface area contributed by atoms with Crippen molar-refractivity contribution in [2.75, 3.05) is 18.5 Å². The summed E-state index contributed by atoms with van der Waals surface area (Å²) in [6.07, 6.45) is 2.61. The molecule has 0 spiro atoms. The number of halogens is 1. The molecule has 0 radical (unpaired) electrons. The van der Waals surface area contributed by atoms with E-state index in [4.69, 9.17) is 0 Å². The SMILES string of the molecule is CNCc1cc(Br)ccc1N1CCC(C)CC1C. The maximum absolute atomic E-state index is 3.57. The van der Waals surface area contributed by atoms with Crippen LogP contribution in [0.15, 0.2) is 22.7 Å². The summed E-state index contributed by atoms with van der Waals surface area (Å²) in [4.78, 5) is 2.57. The van der Waals surface area contributed by atoms with Crippen LogP contribution in [0.4, 0.5) is 5.69 Å². The number of rotatable bonds is 3. The lowest BCUT2D eigenvalue weighted by Gasteiger charge is -2.39. The molecule has 1 aromatic carbocycles. The fourth-order valence-corrected chi connectivity index (χ4v) is 3.34. The van der Waals surface area contributed by atoms with Gasteiger partial charge >= 0.3 is 0 Å². The highest BCUT2D eigenvalue weighted by Gasteiger charge is 2.24. The average Bonchev–Trinajstić information content (AvgIpc) is 2.31. The van der Waals surface area contributed by atoms with Gasteiger partial charge in [0.05, 0.1) is 0 Å². The zero-order valence-corrected chi connectivity index (χ0v) is 13.1. The van der Waals surface area contributed by atoms with Crippen LogP contribution in [0.5, 0.6) is 0 Å². The molecular formula is C15H23BrN2. The molecule has 18 heavy (non-hydrogen) atoms. The summed E-state index contributed by atoms with van der Waals surface area (Å²) in [5.41, 5.74) is 2.78. The van der Waals surface area contributed by atoms with Crippen LogP contribution < -0.4 is 10.2 Å². The maximum atomic E-state index is 3.57. The molecule has 0 bridgehead atoms. The summed E-state index contributed by atoms with van der Waals surface area (Å²) >= 11 is 3.57. The molecule has 0 saturated carbocycles. The molecule has 1 N–H and O–H groups in total. The smallest absolute Gasteiger partial charge is 0.0415 e. The molecule has 2 nitrogen and oxygen atoms in total. The van der Waals surface area contributed by atoms with Crippen molar-refractivity contribution in [2.24, 2.45) is 5.92 Å². The topological polar surface area (TPSA) is 15.3 Å². The minimum Gasteiger partial charge on any atom is -0.369 e. The van der Waals surface area contributed by atoms with Crippen molar-refractivity contribution in [1.82, 2.24) is 5.32 Å². The number of anilines is 1. The first-order valence-corrected chi connectivity index (χ1v) is 7.60. The molecule has 1 aliphatic rings. The first-order valence-electron chi connectivity index (χ1n) is 6.81. The fourth-order valence-electron chi connectivity index (χ4n) is 2.93. The lowest BCUT2D eigenvalue weighted by Crippen LogP contribution is -2.40. The van der Waals surface area contributed by atoms with Crippen LogP contribution in [0.3, 0.4) is 0 Å². The Morgan fingerprint density at radius 3 is 2.83 bits per heavy atom. The molecule has 2 unspecified atom stereocenters. The van der Waals surface area contributed by atoms with E-state index in [2.05, 4.69) is 58.2 Å². The second-order valence-corrected chi connectivity index (χ2v) is 6.39. The van der Waals surface area contributed by atoms with Crippen molar-refractivity contribution in [3.8, 4) is 0 Å². The third-order valence-electron chi connectivity index (χ3n) is 3.86. The van der Waals surface area contributed by atoms with Crippen molar-refractivity contribution in [1.29, 1.82) is 0 Å². The van der Waals surface area contributed by atoms with Crippen LogP contribution in [-0.2, 0) is 6.54 Å². The van der Waals surface area contributed by atoms with Crippen molar-refractivity contribution in [2.45, 2.75) is 39.3 Å². The number of nitrogens with one attached hydrogen (secondary N) is 1. The van der Waals surface area contributed by atoms with Crippen molar-refractivity contribution >= 4 is 21.6 Å². The van der Waals surface area contributed by atoms with Gasteiger partial charge in [0.2, 0.25) is 0 Å². The van der Waals surface area contributed by atoms with E-state index in [0.29, 0.717) is 6.04 Å². The molecule has 2 rings (SSSR count). The van der Waals surface area contributed by atoms with E-state index in [0.717, 1.165) is 16.9 Å². The summed E-state index contributed by atoms with van der Waals surface area (Å²) in [5.74, 6) is 0.861. The van der Waals surface area contributed by atoms with Crippen LogP contribution in [0.25, 0.3) is 0 Å². The highest BCUT2D eigenvalue weighted by molar-refractivity contribution is 9.10. The largest absolute Gasteiger partial charge is 0.369 e. The lowest BCUT2D eigenvalue weighted by molar-refractivity contribution is 0.377. The number of hydrogen-bond donors (Lipinski definition) is 1. The van der Waals surface area contributed by atoms with Gasteiger partial charge in [0.1, 0.15) is 0 Å². The quantitative estimate of drug-likeness (QED) is 0.913. The molecule has 1 aromatic rings. The van der Waals surface area contributed by atoms with Gasteiger partial charge in [-0.2, -0.15) is 0 Å². The normalized spacial score (nSPS) is 24.3. The summed E-state index contributed by atoms with van der Waals surface area (Å²) in [5, 5.41) is 3.27. The summed E-state index contributed by atoms with van der Waals surface area (Å²) < 4.78 is 1.16. The van der Waals surface area contributed by atoms with Gasteiger partial charge in [-0.25, -0.2) is 0 Å². The predicted octanol–water partition coefficient (Wildman–Crippen LogP) is 3.79. The van der Waals surface area contributed by atoms with Crippen LogP contribution in [0.1, 0.15) is 32.3 Å². The Morgan fingerprint density at radius 1 is 1.39 bits per heavy atom. The van der Waals surface area contributed by atoms with E-state index in [9.17, 15) is 0 Å². The van der Waals surface area contributed by atoms with Crippen LogP contribution in [-0.4, -0.2) is 19.6 Å².